The van der Waals surface area contributed by atoms with Crippen molar-refractivity contribution < 1.29 is 9.18 Å². The summed E-state index contributed by atoms with van der Waals surface area (Å²) in [7, 11) is 0. The van der Waals surface area contributed by atoms with Crippen molar-refractivity contribution in [1.29, 1.82) is 0 Å². The highest BCUT2D eigenvalue weighted by Gasteiger charge is 2.32. The average molecular weight is 435 g/mol. The first-order valence-electron chi connectivity index (χ1n) is 10.0. The van der Waals surface area contributed by atoms with Crippen molar-refractivity contribution in [3.63, 3.8) is 0 Å². The fraction of sp³-hybridized carbons (Fsp3) is 0.208. The van der Waals surface area contributed by atoms with Crippen molar-refractivity contribution in [2.24, 2.45) is 4.99 Å². The molecule has 31 heavy (non-hydrogen) atoms. The van der Waals surface area contributed by atoms with Gasteiger partial charge in [0, 0.05) is 24.1 Å². The summed E-state index contributed by atoms with van der Waals surface area (Å²) in [5.74, 6) is 0.469. The van der Waals surface area contributed by atoms with Gasteiger partial charge in [0.05, 0.1) is 10.6 Å². The van der Waals surface area contributed by atoms with Crippen molar-refractivity contribution in [3.8, 4) is 5.82 Å². The van der Waals surface area contributed by atoms with Gasteiger partial charge in [0.15, 0.2) is 5.17 Å². The number of aryl methyl sites for hydroxylation is 2. The highest BCUT2D eigenvalue weighted by molar-refractivity contribution is 8.18. The van der Waals surface area contributed by atoms with Crippen LogP contribution in [0.3, 0.4) is 0 Å². The van der Waals surface area contributed by atoms with Gasteiger partial charge in [-0.25, -0.2) is 14.4 Å². The lowest BCUT2D eigenvalue weighted by molar-refractivity contribution is -0.122. The first-order valence-corrected chi connectivity index (χ1v) is 10.9. The van der Waals surface area contributed by atoms with Crippen LogP contribution < -0.4 is 0 Å². The lowest BCUT2D eigenvalue weighted by Crippen LogP contribution is -2.28. The number of hydrogen-bond acceptors (Lipinski definition) is 4. The molecule has 1 saturated heterocycles. The third-order valence-electron chi connectivity index (χ3n) is 5.14. The van der Waals surface area contributed by atoms with Crippen molar-refractivity contribution in [1.82, 2.24) is 14.5 Å². The van der Waals surface area contributed by atoms with E-state index in [0.29, 0.717) is 22.3 Å². The molecule has 5 nitrogen and oxygen atoms in total. The SMILES string of the molecule is CCN1C(=O)/C(=C\c2cc(C)n(-c3cc(C)ccn3)c2C)SC1=Nc1ccc(F)cc1. The zero-order chi connectivity index (χ0) is 22.1. The molecule has 0 aliphatic carbocycles. The predicted octanol–water partition coefficient (Wildman–Crippen LogP) is 5.56. The molecule has 0 radical (unpaired) electrons. The summed E-state index contributed by atoms with van der Waals surface area (Å²) in [4.78, 5) is 24.3. The third kappa shape index (κ3) is 4.18. The van der Waals surface area contributed by atoms with Gasteiger partial charge in [0.1, 0.15) is 11.6 Å². The molecule has 0 bridgehead atoms. The minimum absolute atomic E-state index is 0.0770. The molecule has 1 aliphatic heterocycles. The summed E-state index contributed by atoms with van der Waals surface area (Å²) in [6.07, 6.45) is 3.72. The second-order valence-corrected chi connectivity index (χ2v) is 8.39. The zero-order valence-electron chi connectivity index (χ0n) is 17.9. The number of thioether (sulfide) groups is 1. The third-order valence-corrected chi connectivity index (χ3v) is 6.15. The Morgan fingerprint density at radius 3 is 2.55 bits per heavy atom. The van der Waals surface area contributed by atoms with Crippen molar-refractivity contribution in [2.45, 2.75) is 27.7 Å². The summed E-state index contributed by atoms with van der Waals surface area (Å²) in [6, 6.07) is 12.0. The van der Waals surface area contributed by atoms with Gasteiger partial charge in [0.25, 0.3) is 5.91 Å². The van der Waals surface area contributed by atoms with Crippen LogP contribution in [-0.2, 0) is 4.79 Å². The van der Waals surface area contributed by atoms with Gasteiger partial charge in [-0.15, -0.1) is 0 Å². The Kier molecular flexibility index (Phi) is 5.78. The van der Waals surface area contributed by atoms with Gasteiger partial charge in [-0.05, 0) is 99.1 Å². The average Bonchev–Trinajstić information content (AvgIpc) is 3.18. The molecule has 2 aromatic heterocycles. The summed E-state index contributed by atoms with van der Waals surface area (Å²) < 4.78 is 15.3. The molecule has 0 saturated carbocycles. The van der Waals surface area contributed by atoms with E-state index in [0.717, 1.165) is 28.3 Å². The first-order chi connectivity index (χ1) is 14.9. The molecule has 0 atom stereocenters. The van der Waals surface area contributed by atoms with Crippen LogP contribution in [0.25, 0.3) is 11.9 Å². The van der Waals surface area contributed by atoms with Crippen molar-refractivity contribution in [2.75, 3.05) is 6.54 Å². The number of carbonyl (C=O) groups is 1. The van der Waals surface area contributed by atoms with E-state index in [-0.39, 0.29) is 11.7 Å². The van der Waals surface area contributed by atoms with Gasteiger partial charge in [0.2, 0.25) is 0 Å². The molecule has 4 rings (SSSR count). The number of amidine groups is 1. The maximum absolute atomic E-state index is 13.2. The number of aromatic nitrogens is 2. The molecule has 158 valence electrons. The zero-order valence-corrected chi connectivity index (χ0v) is 18.7. The van der Waals surface area contributed by atoms with E-state index in [2.05, 4.69) is 20.6 Å². The number of amides is 1. The molecule has 1 amide bonds. The first kappa shape index (κ1) is 21.1. The van der Waals surface area contributed by atoms with Crippen molar-refractivity contribution in [3.05, 3.63) is 81.9 Å². The molecular weight excluding hydrogens is 411 g/mol. The topological polar surface area (TPSA) is 50.5 Å². The monoisotopic (exact) mass is 434 g/mol. The van der Waals surface area contributed by atoms with Crippen LogP contribution in [0.4, 0.5) is 10.1 Å². The number of benzene rings is 1. The molecule has 1 fully saturated rings. The maximum Gasteiger partial charge on any atom is 0.266 e. The number of pyridine rings is 1. The van der Waals surface area contributed by atoms with E-state index in [1.54, 1.807) is 23.2 Å². The van der Waals surface area contributed by atoms with Crippen LogP contribution in [0.1, 0.15) is 29.4 Å². The smallest absolute Gasteiger partial charge is 0.266 e. The van der Waals surface area contributed by atoms with Crippen LogP contribution in [0.2, 0.25) is 0 Å². The highest BCUT2D eigenvalue weighted by atomic mass is 32.2. The number of hydrogen-bond donors (Lipinski definition) is 0. The maximum atomic E-state index is 13.2. The molecular formula is C24H23FN4OS. The van der Waals surface area contributed by atoms with Gasteiger partial charge in [-0.2, -0.15) is 0 Å². The van der Waals surface area contributed by atoms with Crippen molar-refractivity contribution >= 4 is 34.6 Å². The standard InChI is InChI=1S/C24H23FN4OS/c1-5-28-23(30)21(31-24(28)27-20-8-6-19(25)7-9-20)14-18-13-16(3)29(17(18)4)22-12-15(2)10-11-26-22/h6-14H,5H2,1-4H3/b21-14+,27-24?. The summed E-state index contributed by atoms with van der Waals surface area (Å²) in [5, 5.41) is 0.597. The second-order valence-electron chi connectivity index (χ2n) is 7.38. The Morgan fingerprint density at radius 1 is 1.13 bits per heavy atom. The Balaban J connectivity index is 1.70. The Labute approximate surface area is 185 Å². The van der Waals surface area contributed by atoms with Crippen LogP contribution in [-0.4, -0.2) is 32.1 Å². The number of aliphatic imine (C=N–C) groups is 1. The second kappa shape index (κ2) is 8.51. The minimum atomic E-state index is -0.314. The largest absolute Gasteiger partial charge is 0.303 e. The van der Waals surface area contributed by atoms with Crippen LogP contribution in [0.5, 0.6) is 0 Å². The lowest BCUT2D eigenvalue weighted by atomic mass is 10.2. The number of halogens is 1. The van der Waals surface area contributed by atoms with E-state index in [9.17, 15) is 9.18 Å². The highest BCUT2D eigenvalue weighted by Crippen LogP contribution is 2.35. The Hall–Kier alpha value is -3.19. The molecule has 0 N–H and O–H groups in total. The molecule has 1 aromatic carbocycles. The molecule has 3 aromatic rings. The van der Waals surface area contributed by atoms with E-state index >= 15 is 0 Å². The Bertz CT molecular complexity index is 1210. The van der Waals surface area contributed by atoms with Crippen LogP contribution in [0.15, 0.2) is 58.6 Å². The summed E-state index contributed by atoms with van der Waals surface area (Å²) >= 11 is 1.34. The fourth-order valence-corrected chi connectivity index (χ4v) is 4.62. The molecule has 1 aliphatic rings. The van der Waals surface area contributed by atoms with E-state index < -0.39 is 0 Å². The van der Waals surface area contributed by atoms with E-state index in [1.807, 2.05) is 45.9 Å². The molecule has 7 heteroatoms. The van der Waals surface area contributed by atoms with E-state index in [4.69, 9.17) is 0 Å². The number of likely N-dealkylation sites (N-methyl/N-ethyl adjacent to an activating group) is 1. The van der Waals surface area contributed by atoms with E-state index in [1.165, 1.54) is 23.9 Å². The normalized spacial score (nSPS) is 16.7. The quantitative estimate of drug-likeness (QED) is 0.505. The van der Waals surface area contributed by atoms with Crippen LogP contribution >= 0.6 is 11.8 Å². The van der Waals surface area contributed by atoms with Gasteiger partial charge in [-0.3, -0.25) is 9.69 Å². The Morgan fingerprint density at radius 2 is 1.87 bits per heavy atom. The summed E-state index contributed by atoms with van der Waals surface area (Å²) in [6.45, 7) is 8.52. The minimum Gasteiger partial charge on any atom is -0.303 e. The lowest BCUT2D eigenvalue weighted by Gasteiger charge is -2.11. The van der Waals surface area contributed by atoms with Gasteiger partial charge < -0.3 is 4.57 Å². The molecule has 0 unspecified atom stereocenters. The fourth-order valence-electron chi connectivity index (χ4n) is 3.57. The number of nitrogens with zero attached hydrogens (tertiary/aromatic N) is 4. The van der Waals surface area contributed by atoms with Crippen LogP contribution in [0, 0.1) is 26.6 Å². The number of rotatable bonds is 4. The molecule has 3 heterocycles. The van der Waals surface area contributed by atoms with Gasteiger partial charge in [-0.1, -0.05) is 0 Å². The van der Waals surface area contributed by atoms with Gasteiger partial charge >= 0.3 is 0 Å². The summed E-state index contributed by atoms with van der Waals surface area (Å²) in [5.41, 5.74) is 4.78. The molecule has 0 spiro atoms. The predicted molar refractivity (Wildman–Crippen MR) is 124 cm³/mol. The number of carbonyl (C=O) groups excluding carboxylic acids is 1.